The van der Waals surface area contributed by atoms with Gasteiger partial charge in [-0.15, -0.1) is 0 Å². The summed E-state index contributed by atoms with van der Waals surface area (Å²) < 4.78 is 20.7. The van der Waals surface area contributed by atoms with Crippen molar-refractivity contribution in [3.05, 3.63) is 47.3 Å². The largest absolute Gasteiger partial charge is 0.465 e. The van der Waals surface area contributed by atoms with Gasteiger partial charge in [0.2, 0.25) is 0 Å². The van der Waals surface area contributed by atoms with Crippen LogP contribution in [0.4, 0.5) is 4.39 Å². The fourth-order valence-electron chi connectivity index (χ4n) is 2.16. The fourth-order valence-corrected chi connectivity index (χ4v) is 2.16. The molecule has 1 aromatic carbocycles. The number of esters is 1. The molecule has 0 N–H and O–H groups in total. The molecule has 0 bridgehead atoms. The first kappa shape index (κ1) is 15.2. The van der Waals surface area contributed by atoms with E-state index in [1.807, 2.05) is 6.92 Å². The molecule has 0 spiro atoms. The summed E-state index contributed by atoms with van der Waals surface area (Å²) in [4.78, 5) is 16.6. The van der Waals surface area contributed by atoms with Crippen LogP contribution in [0.3, 0.4) is 0 Å². The second kappa shape index (κ2) is 6.47. The van der Waals surface area contributed by atoms with E-state index >= 15 is 0 Å². The number of ether oxygens (including phenoxy) is 1. The molecule has 0 aliphatic carbocycles. The van der Waals surface area contributed by atoms with Crippen molar-refractivity contribution in [2.75, 3.05) is 6.61 Å². The van der Waals surface area contributed by atoms with Gasteiger partial charge in [0, 0.05) is 19.0 Å². The van der Waals surface area contributed by atoms with E-state index in [1.54, 1.807) is 32.2 Å². The highest BCUT2D eigenvalue weighted by atomic mass is 19.1. The van der Waals surface area contributed by atoms with Crippen LogP contribution in [0.2, 0.25) is 0 Å². The van der Waals surface area contributed by atoms with E-state index in [2.05, 4.69) is 10.1 Å². The van der Waals surface area contributed by atoms with Gasteiger partial charge in [0.05, 0.1) is 6.61 Å². The molecule has 2 aromatic rings. The minimum atomic E-state index is -0.913. The molecule has 1 unspecified atom stereocenters. The van der Waals surface area contributed by atoms with Gasteiger partial charge < -0.3 is 4.74 Å². The molecule has 0 fully saturated rings. The maximum Gasteiger partial charge on any atom is 0.321 e. The van der Waals surface area contributed by atoms with Gasteiger partial charge >= 0.3 is 5.97 Å². The van der Waals surface area contributed by atoms with Crippen LogP contribution in [-0.2, 0) is 23.0 Å². The summed E-state index contributed by atoms with van der Waals surface area (Å²) in [6, 6.07) is 6.15. The zero-order chi connectivity index (χ0) is 15.4. The van der Waals surface area contributed by atoms with Gasteiger partial charge in [-0.2, -0.15) is 5.10 Å². The Balaban J connectivity index is 2.53. The number of halogens is 1. The molecule has 0 saturated carbocycles. The van der Waals surface area contributed by atoms with Crippen LogP contribution in [0.5, 0.6) is 0 Å². The SMILES string of the molecule is CCOC(=O)C(c1ccccc1F)c1nc(CC)nn1C. The molecule has 2 rings (SSSR count). The van der Waals surface area contributed by atoms with Crippen LogP contribution in [0.25, 0.3) is 0 Å². The lowest BCUT2D eigenvalue weighted by atomic mass is 9.97. The number of aromatic nitrogens is 3. The van der Waals surface area contributed by atoms with Crippen LogP contribution < -0.4 is 0 Å². The lowest BCUT2D eigenvalue weighted by molar-refractivity contribution is -0.144. The van der Waals surface area contributed by atoms with Gasteiger partial charge in [0.1, 0.15) is 17.6 Å². The highest BCUT2D eigenvalue weighted by Crippen LogP contribution is 2.27. The lowest BCUT2D eigenvalue weighted by Crippen LogP contribution is -2.22. The molecule has 0 aliphatic rings. The van der Waals surface area contributed by atoms with Gasteiger partial charge in [-0.1, -0.05) is 25.1 Å². The number of rotatable bonds is 5. The van der Waals surface area contributed by atoms with Crippen LogP contribution in [0.1, 0.15) is 37.0 Å². The number of benzene rings is 1. The molecule has 0 amide bonds. The molecule has 0 saturated heterocycles. The molecule has 1 aromatic heterocycles. The van der Waals surface area contributed by atoms with Crippen LogP contribution in [0.15, 0.2) is 24.3 Å². The predicted molar refractivity (Wildman–Crippen MR) is 75.3 cm³/mol. The standard InChI is InChI=1S/C15H18FN3O2/c1-4-12-17-14(19(3)18-12)13(15(20)21-5-2)10-8-6-7-9-11(10)16/h6-9,13H,4-5H2,1-3H3. The number of hydrogen-bond donors (Lipinski definition) is 0. The zero-order valence-electron chi connectivity index (χ0n) is 12.3. The average Bonchev–Trinajstić information content (AvgIpc) is 2.83. The second-order valence-corrected chi connectivity index (χ2v) is 4.57. The van der Waals surface area contributed by atoms with Crippen molar-refractivity contribution in [1.82, 2.24) is 14.8 Å². The molecule has 0 radical (unpaired) electrons. The van der Waals surface area contributed by atoms with E-state index in [0.29, 0.717) is 18.1 Å². The Hall–Kier alpha value is -2.24. The number of aryl methyl sites for hydroxylation is 2. The van der Waals surface area contributed by atoms with Crippen molar-refractivity contribution in [2.24, 2.45) is 7.05 Å². The summed E-state index contributed by atoms with van der Waals surface area (Å²) in [6.45, 7) is 3.86. The Labute approximate surface area is 122 Å². The first-order valence-electron chi connectivity index (χ1n) is 6.89. The molecule has 0 aliphatic heterocycles. The maximum absolute atomic E-state index is 14.1. The van der Waals surface area contributed by atoms with Crippen molar-refractivity contribution in [3.8, 4) is 0 Å². The topological polar surface area (TPSA) is 57.0 Å². The maximum atomic E-state index is 14.1. The Morgan fingerprint density at radius 3 is 2.67 bits per heavy atom. The summed E-state index contributed by atoms with van der Waals surface area (Å²) in [7, 11) is 1.69. The first-order chi connectivity index (χ1) is 10.1. The average molecular weight is 291 g/mol. The summed E-state index contributed by atoms with van der Waals surface area (Å²) in [6.07, 6.45) is 0.640. The van der Waals surface area contributed by atoms with Crippen LogP contribution in [0, 0.1) is 5.82 Å². The zero-order valence-corrected chi connectivity index (χ0v) is 12.3. The van der Waals surface area contributed by atoms with E-state index in [1.165, 1.54) is 10.7 Å². The van der Waals surface area contributed by atoms with Crippen LogP contribution >= 0.6 is 0 Å². The van der Waals surface area contributed by atoms with Crippen molar-refractivity contribution < 1.29 is 13.9 Å². The smallest absolute Gasteiger partial charge is 0.321 e. The molecule has 5 nitrogen and oxygen atoms in total. The highest BCUT2D eigenvalue weighted by Gasteiger charge is 2.31. The molecule has 1 atom stereocenters. The minimum Gasteiger partial charge on any atom is -0.465 e. The Bertz CT molecular complexity index is 640. The number of hydrogen-bond acceptors (Lipinski definition) is 4. The summed E-state index contributed by atoms with van der Waals surface area (Å²) in [5.41, 5.74) is 0.245. The van der Waals surface area contributed by atoms with Gasteiger partial charge in [-0.25, -0.2) is 9.37 Å². The quantitative estimate of drug-likeness (QED) is 0.793. The van der Waals surface area contributed by atoms with Crippen molar-refractivity contribution in [2.45, 2.75) is 26.2 Å². The molecular formula is C15H18FN3O2. The fraction of sp³-hybridized carbons (Fsp3) is 0.400. The van der Waals surface area contributed by atoms with E-state index in [9.17, 15) is 9.18 Å². The number of carbonyl (C=O) groups excluding carboxylic acids is 1. The second-order valence-electron chi connectivity index (χ2n) is 4.57. The Kier molecular flexibility index (Phi) is 4.67. The van der Waals surface area contributed by atoms with Gasteiger partial charge in [-0.05, 0) is 13.0 Å². The predicted octanol–water partition coefficient (Wildman–Crippen LogP) is 2.21. The van der Waals surface area contributed by atoms with E-state index in [4.69, 9.17) is 4.74 Å². The third kappa shape index (κ3) is 3.09. The molecular weight excluding hydrogens is 273 g/mol. The molecule has 112 valence electrons. The molecule has 21 heavy (non-hydrogen) atoms. The Morgan fingerprint density at radius 1 is 1.38 bits per heavy atom. The van der Waals surface area contributed by atoms with E-state index in [-0.39, 0.29) is 12.2 Å². The first-order valence-corrected chi connectivity index (χ1v) is 6.89. The van der Waals surface area contributed by atoms with Crippen molar-refractivity contribution >= 4 is 5.97 Å². The third-order valence-electron chi connectivity index (χ3n) is 3.15. The van der Waals surface area contributed by atoms with Gasteiger partial charge in [0.25, 0.3) is 0 Å². The lowest BCUT2D eigenvalue weighted by Gasteiger charge is -2.15. The van der Waals surface area contributed by atoms with Gasteiger partial charge in [0.15, 0.2) is 5.82 Å². The molecule has 1 heterocycles. The van der Waals surface area contributed by atoms with E-state index < -0.39 is 17.7 Å². The summed E-state index contributed by atoms with van der Waals surface area (Å²) in [5.74, 6) is -0.908. The summed E-state index contributed by atoms with van der Waals surface area (Å²) >= 11 is 0. The van der Waals surface area contributed by atoms with Crippen molar-refractivity contribution in [1.29, 1.82) is 0 Å². The third-order valence-corrected chi connectivity index (χ3v) is 3.15. The normalized spacial score (nSPS) is 12.2. The number of nitrogens with zero attached hydrogens (tertiary/aromatic N) is 3. The van der Waals surface area contributed by atoms with Crippen LogP contribution in [-0.4, -0.2) is 27.3 Å². The monoisotopic (exact) mass is 291 g/mol. The molecule has 6 heteroatoms. The van der Waals surface area contributed by atoms with E-state index in [0.717, 1.165) is 0 Å². The number of carbonyl (C=O) groups is 1. The highest BCUT2D eigenvalue weighted by molar-refractivity contribution is 5.81. The summed E-state index contributed by atoms with van der Waals surface area (Å²) in [5, 5.41) is 4.22. The minimum absolute atomic E-state index is 0.224. The Morgan fingerprint density at radius 2 is 2.10 bits per heavy atom. The van der Waals surface area contributed by atoms with Crippen molar-refractivity contribution in [3.63, 3.8) is 0 Å². The van der Waals surface area contributed by atoms with Gasteiger partial charge in [-0.3, -0.25) is 9.48 Å².